The molecular formula is C25H27ClN4. The van der Waals surface area contributed by atoms with Crippen molar-refractivity contribution in [2.75, 3.05) is 31.5 Å². The number of nitrogens with zero attached hydrogens (tertiary/aromatic N) is 3. The second-order valence-corrected chi connectivity index (χ2v) is 8.67. The van der Waals surface area contributed by atoms with E-state index in [4.69, 9.17) is 16.6 Å². The minimum atomic E-state index is 0.227. The lowest BCUT2D eigenvalue weighted by Gasteiger charge is -2.28. The zero-order chi connectivity index (χ0) is 20.3. The average molecular weight is 419 g/mol. The molecule has 1 aromatic heterocycles. The number of aromatic nitrogens is 2. The van der Waals surface area contributed by atoms with Crippen LogP contribution in [0.1, 0.15) is 41.9 Å². The number of rotatable bonds is 6. The van der Waals surface area contributed by atoms with E-state index in [-0.39, 0.29) is 5.92 Å². The number of fused-ring (bicyclic) bond motifs is 3. The molecule has 1 aliphatic carbocycles. The highest BCUT2D eigenvalue weighted by Gasteiger charge is 2.28. The summed E-state index contributed by atoms with van der Waals surface area (Å²) < 4.78 is 0. The molecule has 1 fully saturated rings. The molecule has 0 amide bonds. The molecule has 0 bridgehead atoms. The van der Waals surface area contributed by atoms with Gasteiger partial charge in [-0.25, -0.2) is 9.97 Å². The third kappa shape index (κ3) is 3.94. The number of halogens is 1. The second-order valence-electron chi connectivity index (χ2n) is 8.26. The molecule has 0 radical (unpaired) electrons. The lowest BCUT2D eigenvalue weighted by Crippen LogP contribution is -2.22. The minimum Gasteiger partial charge on any atom is -0.354 e. The second kappa shape index (κ2) is 8.75. The van der Waals surface area contributed by atoms with E-state index in [9.17, 15) is 0 Å². The summed E-state index contributed by atoms with van der Waals surface area (Å²) in [5.74, 6) is 0.950. The smallest absolute Gasteiger partial charge is 0.223 e. The molecule has 1 aliphatic heterocycles. The van der Waals surface area contributed by atoms with Crippen molar-refractivity contribution in [1.29, 1.82) is 0 Å². The van der Waals surface area contributed by atoms with Gasteiger partial charge in [-0.3, -0.25) is 0 Å². The van der Waals surface area contributed by atoms with Crippen molar-refractivity contribution in [1.82, 2.24) is 14.9 Å². The minimum absolute atomic E-state index is 0.227. The predicted octanol–water partition coefficient (Wildman–Crippen LogP) is 5.38. The standard InChI is InChI=1S/C25H27ClN4/c26-23-11-4-3-9-20(23)22-16-18-17-28-25(27-12-7-15-30-13-5-6-14-30)29-24(18)21-10-2-1-8-19(21)22/h1-4,8-11,17,22H,5-7,12-16H2,(H,27,28,29). The molecule has 1 saturated heterocycles. The van der Waals surface area contributed by atoms with Gasteiger partial charge < -0.3 is 10.2 Å². The molecule has 1 unspecified atom stereocenters. The van der Waals surface area contributed by atoms with Gasteiger partial charge in [-0.1, -0.05) is 54.1 Å². The number of hydrogen-bond donors (Lipinski definition) is 1. The molecule has 5 heteroatoms. The van der Waals surface area contributed by atoms with E-state index in [1.807, 2.05) is 18.3 Å². The molecule has 2 aliphatic rings. The van der Waals surface area contributed by atoms with Crippen LogP contribution in [0.3, 0.4) is 0 Å². The van der Waals surface area contributed by atoms with Gasteiger partial charge in [0.1, 0.15) is 0 Å². The van der Waals surface area contributed by atoms with E-state index in [1.165, 1.54) is 48.2 Å². The van der Waals surface area contributed by atoms with Gasteiger partial charge in [0, 0.05) is 29.2 Å². The van der Waals surface area contributed by atoms with Crippen molar-refractivity contribution in [3.8, 4) is 11.3 Å². The number of likely N-dealkylation sites (tertiary alicyclic amines) is 1. The van der Waals surface area contributed by atoms with Gasteiger partial charge in [-0.15, -0.1) is 0 Å². The molecular weight excluding hydrogens is 392 g/mol. The Labute approximate surface area is 183 Å². The van der Waals surface area contributed by atoms with Gasteiger partial charge >= 0.3 is 0 Å². The zero-order valence-electron chi connectivity index (χ0n) is 17.1. The van der Waals surface area contributed by atoms with Crippen molar-refractivity contribution in [3.63, 3.8) is 0 Å². The third-order valence-electron chi connectivity index (χ3n) is 6.29. The predicted molar refractivity (Wildman–Crippen MR) is 123 cm³/mol. The van der Waals surface area contributed by atoms with Crippen LogP contribution in [-0.4, -0.2) is 41.0 Å². The topological polar surface area (TPSA) is 41.1 Å². The highest BCUT2D eigenvalue weighted by atomic mass is 35.5. The van der Waals surface area contributed by atoms with Gasteiger partial charge in [-0.05, 0) is 68.1 Å². The first-order chi connectivity index (χ1) is 14.8. The van der Waals surface area contributed by atoms with Gasteiger partial charge in [0.25, 0.3) is 0 Å². The Kier molecular flexibility index (Phi) is 5.69. The fourth-order valence-electron chi connectivity index (χ4n) is 4.77. The summed E-state index contributed by atoms with van der Waals surface area (Å²) in [5.41, 5.74) is 5.87. The van der Waals surface area contributed by atoms with Crippen LogP contribution >= 0.6 is 11.6 Å². The summed E-state index contributed by atoms with van der Waals surface area (Å²) in [4.78, 5) is 12.1. The monoisotopic (exact) mass is 418 g/mol. The largest absolute Gasteiger partial charge is 0.354 e. The van der Waals surface area contributed by atoms with Crippen LogP contribution in [-0.2, 0) is 6.42 Å². The molecule has 4 nitrogen and oxygen atoms in total. The van der Waals surface area contributed by atoms with E-state index < -0.39 is 0 Å². The first kappa shape index (κ1) is 19.5. The summed E-state index contributed by atoms with van der Waals surface area (Å²) >= 11 is 6.55. The van der Waals surface area contributed by atoms with Crippen LogP contribution in [0.25, 0.3) is 11.3 Å². The highest BCUT2D eigenvalue weighted by Crippen LogP contribution is 2.43. The number of benzene rings is 2. The van der Waals surface area contributed by atoms with Gasteiger partial charge in [0.05, 0.1) is 5.69 Å². The Hall–Kier alpha value is -2.43. The Balaban J connectivity index is 1.36. The molecule has 30 heavy (non-hydrogen) atoms. The van der Waals surface area contributed by atoms with Gasteiger partial charge in [-0.2, -0.15) is 0 Å². The summed E-state index contributed by atoms with van der Waals surface area (Å²) in [5, 5.41) is 4.25. The lowest BCUT2D eigenvalue weighted by atomic mass is 9.78. The van der Waals surface area contributed by atoms with E-state index in [1.54, 1.807) is 0 Å². The quantitative estimate of drug-likeness (QED) is 0.545. The number of hydrogen-bond acceptors (Lipinski definition) is 4. The van der Waals surface area contributed by atoms with Crippen LogP contribution < -0.4 is 5.32 Å². The maximum Gasteiger partial charge on any atom is 0.223 e. The molecule has 3 aromatic rings. The van der Waals surface area contributed by atoms with Crippen LogP contribution in [0, 0.1) is 0 Å². The van der Waals surface area contributed by atoms with Crippen molar-refractivity contribution in [2.45, 2.75) is 31.6 Å². The van der Waals surface area contributed by atoms with E-state index >= 15 is 0 Å². The highest BCUT2D eigenvalue weighted by molar-refractivity contribution is 6.31. The summed E-state index contributed by atoms with van der Waals surface area (Å²) in [6.07, 6.45) is 6.66. The molecule has 0 saturated carbocycles. The summed E-state index contributed by atoms with van der Waals surface area (Å²) in [6.45, 7) is 4.55. The van der Waals surface area contributed by atoms with Crippen molar-refractivity contribution in [3.05, 3.63) is 76.4 Å². The Morgan fingerprint density at radius 2 is 1.77 bits per heavy atom. The summed E-state index contributed by atoms with van der Waals surface area (Å²) in [7, 11) is 0. The van der Waals surface area contributed by atoms with Gasteiger partial charge in [0.2, 0.25) is 5.95 Å². The molecule has 2 heterocycles. The fraction of sp³-hybridized carbons (Fsp3) is 0.360. The molecule has 154 valence electrons. The first-order valence-electron chi connectivity index (χ1n) is 11.0. The number of anilines is 1. The van der Waals surface area contributed by atoms with Crippen LogP contribution in [0.15, 0.2) is 54.7 Å². The molecule has 1 atom stereocenters. The van der Waals surface area contributed by atoms with Gasteiger partial charge in [0.15, 0.2) is 0 Å². The molecule has 5 rings (SSSR count). The normalized spacial score (nSPS) is 18.1. The molecule has 0 spiro atoms. The lowest BCUT2D eigenvalue weighted by molar-refractivity contribution is 0.337. The Morgan fingerprint density at radius 3 is 2.60 bits per heavy atom. The van der Waals surface area contributed by atoms with Crippen molar-refractivity contribution >= 4 is 17.5 Å². The first-order valence-corrected chi connectivity index (χ1v) is 11.3. The maximum absolute atomic E-state index is 6.55. The van der Waals surface area contributed by atoms with Crippen LogP contribution in [0.2, 0.25) is 5.02 Å². The van der Waals surface area contributed by atoms with Crippen molar-refractivity contribution in [2.24, 2.45) is 0 Å². The van der Waals surface area contributed by atoms with E-state index in [2.05, 4.69) is 51.6 Å². The Bertz CT molecular complexity index is 1030. The third-order valence-corrected chi connectivity index (χ3v) is 6.64. The number of nitrogens with one attached hydrogen (secondary N) is 1. The zero-order valence-corrected chi connectivity index (χ0v) is 17.9. The van der Waals surface area contributed by atoms with E-state index in [0.29, 0.717) is 0 Å². The molecule has 2 aromatic carbocycles. The van der Waals surface area contributed by atoms with Crippen LogP contribution in [0.5, 0.6) is 0 Å². The SMILES string of the molecule is Clc1ccccc1C1Cc2cnc(NCCCN3CCCC3)nc2-c2ccccc21. The summed E-state index contributed by atoms with van der Waals surface area (Å²) in [6, 6.07) is 16.7. The maximum atomic E-state index is 6.55. The Morgan fingerprint density at radius 1 is 1.00 bits per heavy atom. The molecule has 1 N–H and O–H groups in total. The van der Waals surface area contributed by atoms with E-state index in [0.717, 1.165) is 42.6 Å². The van der Waals surface area contributed by atoms with Crippen molar-refractivity contribution < 1.29 is 0 Å². The fourth-order valence-corrected chi connectivity index (χ4v) is 5.03. The van der Waals surface area contributed by atoms with Crippen LogP contribution in [0.4, 0.5) is 5.95 Å². The average Bonchev–Trinajstić information content (AvgIpc) is 3.30.